The van der Waals surface area contributed by atoms with Gasteiger partial charge < -0.3 is 0 Å². The molecular formula is C17H21FN2O2S2. The number of nitrogens with zero attached hydrogens (tertiary/aromatic N) is 2. The van der Waals surface area contributed by atoms with Crippen LogP contribution in [0.25, 0.3) is 0 Å². The van der Waals surface area contributed by atoms with Crippen molar-refractivity contribution in [3.05, 3.63) is 46.2 Å². The van der Waals surface area contributed by atoms with E-state index in [1.165, 1.54) is 31.4 Å². The second-order valence-electron chi connectivity index (χ2n) is 6.23. The van der Waals surface area contributed by atoms with Crippen LogP contribution < -0.4 is 4.31 Å². The second-order valence-corrected chi connectivity index (χ2v) is 9.03. The Bertz CT molecular complexity index is 798. The summed E-state index contributed by atoms with van der Waals surface area (Å²) in [6.45, 7) is 0.0585. The molecule has 0 atom stereocenters. The van der Waals surface area contributed by atoms with Crippen LogP contribution in [0.3, 0.4) is 0 Å². The third-order valence-corrected chi connectivity index (χ3v) is 6.53. The Kier molecular flexibility index (Phi) is 5.20. The molecule has 2 aromatic rings. The summed E-state index contributed by atoms with van der Waals surface area (Å²) in [5, 5.41) is 2.97. The molecular weight excluding hydrogens is 347 g/mol. The van der Waals surface area contributed by atoms with Gasteiger partial charge in [0.15, 0.2) is 0 Å². The van der Waals surface area contributed by atoms with E-state index in [0.29, 0.717) is 11.6 Å². The Morgan fingerprint density at radius 3 is 2.62 bits per heavy atom. The monoisotopic (exact) mass is 368 g/mol. The molecule has 0 saturated heterocycles. The summed E-state index contributed by atoms with van der Waals surface area (Å²) in [6, 6.07) is 5.92. The Balaban J connectivity index is 1.84. The summed E-state index contributed by atoms with van der Waals surface area (Å²) >= 11 is 1.58. The molecule has 1 aliphatic carbocycles. The third kappa shape index (κ3) is 3.95. The van der Waals surface area contributed by atoms with Gasteiger partial charge in [-0.3, -0.25) is 4.31 Å². The van der Waals surface area contributed by atoms with Crippen LogP contribution in [0.5, 0.6) is 0 Å². The Morgan fingerprint density at radius 2 is 1.96 bits per heavy atom. The molecule has 1 saturated carbocycles. The van der Waals surface area contributed by atoms with Crippen LogP contribution in [0.2, 0.25) is 0 Å². The van der Waals surface area contributed by atoms with Gasteiger partial charge in [-0.15, -0.1) is 11.3 Å². The normalized spacial score (nSPS) is 16.2. The quantitative estimate of drug-likeness (QED) is 0.791. The maximum absolute atomic E-state index is 14.0. The standard InChI is InChI=1S/C17H21FN2O2S2/c1-24(21,22)20(16-10-6-5-9-15(16)18)11-14-12-23-17(19-14)13-7-3-2-4-8-13/h5-6,9-10,12-13H,2-4,7-8,11H2,1H3. The Morgan fingerprint density at radius 1 is 1.25 bits per heavy atom. The van der Waals surface area contributed by atoms with E-state index >= 15 is 0 Å². The van der Waals surface area contributed by atoms with E-state index in [9.17, 15) is 12.8 Å². The third-order valence-electron chi connectivity index (χ3n) is 4.35. The van der Waals surface area contributed by atoms with Gasteiger partial charge in [0.1, 0.15) is 5.82 Å². The molecule has 1 aliphatic rings. The van der Waals surface area contributed by atoms with Crippen molar-refractivity contribution in [1.29, 1.82) is 0 Å². The first-order valence-corrected chi connectivity index (χ1v) is 10.8. The predicted octanol–water partition coefficient (Wildman–Crippen LogP) is 4.30. The minimum absolute atomic E-state index is 0.0585. The van der Waals surface area contributed by atoms with Crippen molar-refractivity contribution >= 4 is 27.0 Å². The summed E-state index contributed by atoms with van der Waals surface area (Å²) in [6.07, 6.45) is 7.12. The average molecular weight is 368 g/mol. The molecule has 1 aromatic carbocycles. The Labute approximate surface area is 146 Å². The van der Waals surface area contributed by atoms with E-state index in [-0.39, 0.29) is 12.2 Å². The first-order valence-electron chi connectivity index (χ1n) is 8.11. The molecule has 0 aliphatic heterocycles. The number of halogens is 1. The molecule has 0 N–H and O–H groups in total. The molecule has 0 amide bonds. The predicted molar refractivity (Wildman–Crippen MR) is 95.4 cm³/mol. The fourth-order valence-electron chi connectivity index (χ4n) is 3.11. The highest BCUT2D eigenvalue weighted by molar-refractivity contribution is 7.92. The van der Waals surface area contributed by atoms with Gasteiger partial charge in [0.2, 0.25) is 10.0 Å². The van der Waals surface area contributed by atoms with Gasteiger partial charge >= 0.3 is 0 Å². The van der Waals surface area contributed by atoms with Gasteiger partial charge in [-0.2, -0.15) is 0 Å². The van der Waals surface area contributed by atoms with Gasteiger partial charge in [0.25, 0.3) is 0 Å². The molecule has 24 heavy (non-hydrogen) atoms. The lowest BCUT2D eigenvalue weighted by atomic mass is 9.90. The van der Waals surface area contributed by atoms with Gasteiger partial charge in [0, 0.05) is 11.3 Å². The Hall–Kier alpha value is -1.47. The molecule has 0 bridgehead atoms. The summed E-state index contributed by atoms with van der Waals surface area (Å²) in [5.41, 5.74) is 0.737. The van der Waals surface area contributed by atoms with Crippen LogP contribution in [-0.2, 0) is 16.6 Å². The highest BCUT2D eigenvalue weighted by atomic mass is 32.2. The number of rotatable bonds is 5. The number of para-hydroxylation sites is 1. The van der Waals surface area contributed by atoms with Crippen molar-refractivity contribution in [2.45, 2.75) is 44.6 Å². The molecule has 3 rings (SSSR count). The molecule has 0 spiro atoms. The molecule has 130 valence electrons. The first kappa shape index (κ1) is 17.4. The van der Waals surface area contributed by atoms with Crippen molar-refractivity contribution in [3.63, 3.8) is 0 Å². The van der Waals surface area contributed by atoms with Crippen LogP contribution >= 0.6 is 11.3 Å². The summed E-state index contributed by atoms with van der Waals surface area (Å²) in [5.74, 6) is -0.0664. The topological polar surface area (TPSA) is 50.3 Å². The van der Waals surface area contributed by atoms with Crippen molar-refractivity contribution in [2.75, 3.05) is 10.6 Å². The number of hydrogen-bond donors (Lipinski definition) is 0. The maximum Gasteiger partial charge on any atom is 0.232 e. The zero-order valence-corrected chi connectivity index (χ0v) is 15.2. The fraction of sp³-hybridized carbons (Fsp3) is 0.471. The lowest BCUT2D eigenvalue weighted by molar-refractivity contribution is 0.442. The lowest BCUT2D eigenvalue weighted by Crippen LogP contribution is -2.30. The van der Waals surface area contributed by atoms with E-state index < -0.39 is 15.8 Å². The first-order chi connectivity index (χ1) is 11.4. The van der Waals surface area contributed by atoms with Crippen molar-refractivity contribution in [1.82, 2.24) is 4.98 Å². The van der Waals surface area contributed by atoms with E-state index in [1.807, 2.05) is 5.38 Å². The van der Waals surface area contributed by atoms with E-state index in [1.54, 1.807) is 23.5 Å². The largest absolute Gasteiger partial charge is 0.261 e. The minimum Gasteiger partial charge on any atom is -0.261 e. The van der Waals surface area contributed by atoms with Crippen LogP contribution in [-0.4, -0.2) is 19.7 Å². The second kappa shape index (κ2) is 7.19. The highest BCUT2D eigenvalue weighted by Gasteiger charge is 2.23. The average Bonchev–Trinajstić information content (AvgIpc) is 3.02. The van der Waals surface area contributed by atoms with Crippen LogP contribution in [0.15, 0.2) is 29.6 Å². The molecule has 0 unspecified atom stereocenters. The van der Waals surface area contributed by atoms with Gasteiger partial charge in [-0.1, -0.05) is 31.4 Å². The van der Waals surface area contributed by atoms with E-state index in [4.69, 9.17) is 0 Å². The number of anilines is 1. The molecule has 1 aromatic heterocycles. The van der Waals surface area contributed by atoms with Crippen molar-refractivity contribution in [3.8, 4) is 0 Å². The van der Waals surface area contributed by atoms with Crippen LogP contribution in [0.1, 0.15) is 48.7 Å². The number of aromatic nitrogens is 1. The minimum atomic E-state index is -3.60. The zero-order chi connectivity index (χ0) is 17.2. The van der Waals surface area contributed by atoms with Gasteiger partial charge in [-0.05, 0) is 25.0 Å². The highest BCUT2D eigenvalue weighted by Crippen LogP contribution is 2.34. The molecule has 7 heteroatoms. The maximum atomic E-state index is 14.0. The SMILES string of the molecule is CS(=O)(=O)N(Cc1csc(C2CCCCC2)n1)c1ccccc1F. The number of thiazole rings is 1. The molecule has 1 heterocycles. The molecule has 4 nitrogen and oxygen atoms in total. The smallest absolute Gasteiger partial charge is 0.232 e. The molecule has 1 fully saturated rings. The number of hydrogen-bond acceptors (Lipinski definition) is 4. The fourth-order valence-corrected chi connectivity index (χ4v) is 4.97. The zero-order valence-electron chi connectivity index (χ0n) is 13.6. The van der Waals surface area contributed by atoms with Gasteiger partial charge in [-0.25, -0.2) is 17.8 Å². The number of benzene rings is 1. The van der Waals surface area contributed by atoms with Crippen LogP contribution in [0.4, 0.5) is 10.1 Å². The van der Waals surface area contributed by atoms with Crippen molar-refractivity contribution in [2.24, 2.45) is 0 Å². The lowest BCUT2D eigenvalue weighted by Gasteiger charge is -2.22. The van der Waals surface area contributed by atoms with Gasteiger partial charge in [0.05, 0.1) is 29.2 Å². The number of sulfonamides is 1. The van der Waals surface area contributed by atoms with Crippen molar-refractivity contribution < 1.29 is 12.8 Å². The summed E-state index contributed by atoms with van der Waals surface area (Å²) < 4.78 is 39.4. The van der Waals surface area contributed by atoms with Crippen LogP contribution in [0, 0.1) is 5.82 Å². The molecule has 0 radical (unpaired) electrons. The van der Waals surface area contributed by atoms with E-state index in [2.05, 4.69) is 4.98 Å². The summed E-state index contributed by atoms with van der Waals surface area (Å²) in [4.78, 5) is 4.63. The summed E-state index contributed by atoms with van der Waals surface area (Å²) in [7, 11) is -3.60. The van der Waals surface area contributed by atoms with E-state index in [0.717, 1.165) is 28.4 Å².